The minimum atomic E-state index is 0. The second kappa shape index (κ2) is 15.6. The van der Waals surface area contributed by atoms with Crippen LogP contribution in [-0.4, -0.2) is 3.21 Å². The van der Waals surface area contributed by atoms with Crippen LogP contribution < -0.4 is 24.8 Å². The van der Waals surface area contributed by atoms with Gasteiger partial charge in [0.2, 0.25) is 0 Å². The number of hydrogen-bond acceptors (Lipinski definition) is 1. The number of fused-ring (bicyclic) bond motifs is 3. The fraction of sp³-hybridized carbons (Fsp3) is 0.432. The molecule has 0 N–H and O–H groups in total. The average molecular weight is 683 g/mol. The predicted molar refractivity (Wildman–Crippen MR) is 168 cm³/mol. The summed E-state index contributed by atoms with van der Waals surface area (Å²) in [5, 5.41) is 4.26. The molecule has 0 nitrogen and oxygen atoms in total. The average Bonchev–Trinajstić information content (AvgIpc) is 3.63. The third-order valence-corrected chi connectivity index (χ3v) is 9.60. The molecule has 6 rings (SSSR count). The van der Waals surface area contributed by atoms with Crippen molar-refractivity contribution in [3.8, 4) is 11.1 Å². The molecule has 0 aliphatic heterocycles. The molecule has 3 aliphatic carbocycles. The SMILES string of the molecule is CC(C)(C)c1[c-]c2c(cc1)-c1ccc(C(C)(C)C)cc1C2.CC1[C-]=C(c2ccsc2)C=C1.[Cl-].[Cl-].[Zr+2]=[C]1CCCCC1. The molecule has 41 heavy (non-hydrogen) atoms. The number of thiophene rings is 1. The number of rotatable bonds is 1. The van der Waals surface area contributed by atoms with Crippen LogP contribution in [0.4, 0.5) is 0 Å². The van der Waals surface area contributed by atoms with Crippen molar-refractivity contribution in [1.29, 1.82) is 0 Å². The molecular weight excluding hydrogens is 639 g/mol. The van der Waals surface area contributed by atoms with Gasteiger partial charge >= 0.3 is 59.5 Å². The Morgan fingerprint density at radius 2 is 1.54 bits per heavy atom. The van der Waals surface area contributed by atoms with Gasteiger partial charge in [-0.15, -0.1) is 22.8 Å². The van der Waals surface area contributed by atoms with Crippen molar-refractivity contribution < 1.29 is 49.0 Å². The maximum absolute atomic E-state index is 3.67. The first-order chi connectivity index (χ1) is 18.4. The second-order valence-electron chi connectivity index (χ2n) is 13.2. The van der Waals surface area contributed by atoms with Crippen LogP contribution in [-0.2, 0) is 41.5 Å². The Balaban J connectivity index is 0.000000246. The second-order valence-corrected chi connectivity index (χ2v) is 15.7. The number of halogens is 2. The van der Waals surface area contributed by atoms with Gasteiger partial charge in [0.1, 0.15) is 0 Å². The van der Waals surface area contributed by atoms with Crippen molar-refractivity contribution >= 4 is 20.1 Å². The fourth-order valence-electron chi connectivity index (χ4n) is 5.19. The molecular formula is C37H44Cl2SZr-2. The summed E-state index contributed by atoms with van der Waals surface area (Å²) in [5.41, 5.74) is 11.3. The first-order valence-electron chi connectivity index (χ1n) is 14.5. The molecule has 0 bridgehead atoms. The summed E-state index contributed by atoms with van der Waals surface area (Å²) in [6, 6.07) is 17.3. The van der Waals surface area contributed by atoms with E-state index in [9.17, 15) is 0 Å². The van der Waals surface area contributed by atoms with Crippen LogP contribution in [0.3, 0.4) is 0 Å². The van der Waals surface area contributed by atoms with E-state index in [0.717, 1.165) is 6.42 Å². The Morgan fingerprint density at radius 3 is 2.05 bits per heavy atom. The van der Waals surface area contributed by atoms with Crippen LogP contribution in [0.15, 0.2) is 59.3 Å². The van der Waals surface area contributed by atoms with Crippen LogP contribution in [0.1, 0.15) is 108 Å². The van der Waals surface area contributed by atoms with E-state index in [2.05, 4.69) is 120 Å². The van der Waals surface area contributed by atoms with Gasteiger partial charge in [-0.25, -0.2) is 0 Å². The minimum absolute atomic E-state index is 0. The van der Waals surface area contributed by atoms with Crippen molar-refractivity contribution in [3.63, 3.8) is 0 Å². The molecule has 3 aliphatic rings. The van der Waals surface area contributed by atoms with Gasteiger partial charge in [0, 0.05) is 0 Å². The van der Waals surface area contributed by atoms with Crippen LogP contribution in [0.25, 0.3) is 16.7 Å². The third kappa shape index (κ3) is 9.99. The van der Waals surface area contributed by atoms with Gasteiger partial charge in [0.15, 0.2) is 0 Å². The molecule has 1 saturated carbocycles. The summed E-state index contributed by atoms with van der Waals surface area (Å²) in [6.45, 7) is 15.7. The normalized spacial score (nSPS) is 17.0. The number of benzene rings is 2. The molecule has 1 atom stereocenters. The van der Waals surface area contributed by atoms with E-state index in [1.165, 1.54) is 76.6 Å². The van der Waals surface area contributed by atoms with E-state index in [4.69, 9.17) is 0 Å². The van der Waals surface area contributed by atoms with Crippen molar-refractivity contribution in [2.24, 2.45) is 5.92 Å². The zero-order valence-corrected chi connectivity index (χ0v) is 30.5. The van der Waals surface area contributed by atoms with Gasteiger partial charge < -0.3 is 24.8 Å². The Labute approximate surface area is 281 Å². The molecule has 0 radical (unpaired) electrons. The fourth-order valence-corrected chi connectivity index (χ4v) is 6.71. The first-order valence-corrected chi connectivity index (χ1v) is 16.7. The van der Waals surface area contributed by atoms with E-state index in [1.54, 1.807) is 38.8 Å². The van der Waals surface area contributed by atoms with Crippen LogP contribution in [0.5, 0.6) is 0 Å². The molecule has 1 aromatic heterocycles. The summed E-state index contributed by atoms with van der Waals surface area (Å²) in [7, 11) is 0. The Bertz CT molecular complexity index is 1280. The molecule has 2 aromatic carbocycles. The molecule has 0 amide bonds. The predicted octanol–water partition coefficient (Wildman–Crippen LogP) is 4.47. The molecule has 4 heteroatoms. The Kier molecular flexibility index (Phi) is 13.8. The Hall–Kier alpha value is -1.05. The molecule has 1 heterocycles. The monoisotopic (exact) mass is 680 g/mol. The molecule has 0 spiro atoms. The number of hydrogen-bond donors (Lipinski definition) is 0. The van der Waals surface area contributed by atoms with Crippen molar-refractivity contribution in [2.75, 3.05) is 0 Å². The summed E-state index contributed by atoms with van der Waals surface area (Å²) in [5.74, 6) is 0.491. The van der Waals surface area contributed by atoms with Crippen molar-refractivity contribution in [2.45, 2.75) is 97.8 Å². The zero-order valence-electron chi connectivity index (χ0n) is 25.8. The van der Waals surface area contributed by atoms with Gasteiger partial charge in [0.05, 0.1) is 0 Å². The summed E-state index contributed by atoms with van der Waals surface area (Å²) in [6.07, 6.45) is 16.0. The molecule has 1 fully saturated rings. The molecule has 218 valence electrons. The van der Waals surface area contributed by atoms with E-state index < -0.39 is 0 Å². The van der Waals surface area contributed by atoms with Crippen LogP contribution in [0, 0.1) is 18.1 Å². The number of allylic oxidation sites excluding steroid dienone is 4. The van der Waals surface area contributed by atoms with Gasteiger partial charge in [0.25, 0.3) is 0 Å². The maximum atomic E-state index is 3.67. The van der Waals surface area contributed by atoms with E-state index in [1.807, 2.05) is 0 Å². The van der Waals surface area contributed by atoms with Gasteiger partial charge in [-0.1, -0.05) is 89.6 Å². The molecule has 3 aromatic rings. The zero-order chi connectivity index (χ0) is 28.2. The van der Waals surface area contributed by atoms with Crippen LogP contribution in [0.2, 0.25) is 0 Å². The quantitative estimate of drug-likeness (QED) is 0.260. The van der Waals surface area contributed by atoms with Gasteiger partial charge in [-0.2, -0.15) is 52.8 Å². The van der Waals surface area contributed by atoms with Gasteiger partial charge in [-0.3, -0.25) is 0 Å². The standard InChI is InChI=1S/C21H25.C10H9S.C6H10.2ClH.Zr/c1-20(2,3)16-7-9-18-14(12-16)11-15-13-17(21(4,5)6)8-10-19(15)18;1-8-2-3-9(6-8)10-4-5-11-7-10;1-2-4-6-5-3-1;;;/h7-10,12H,11H2,1-6H3;2-5,7-8H,1H3;1-5H2;2*1H;/q2*-1;;;;+2/p-2. The topological polar surface area (TPSA) is 0 Å². The van der Waals surface area contributed by atoms with Crippen molar-refractivity contribution in [1.82, 2.24) is 0 Å². The van der Waals surface area contributed by atoms with E-state index >= 15 is 0 Å². The summed E-state index contributed by atoms with van der Waals surface area (Å²) >= 11 is 3.42. The first kappa shape index (κ1) is 36.1. The van der Waals surface area contributed by atoms with Crippen LogP contribution >= 0.6 is 11.3 Å². The van der Waals surface area contributed by atoms with Crippen molar-refractivity contribution in [3.05, 3.63) is 99.3 Å². The third-order valence-electron chi connectivity index (χ3n) is 7.69. The molecule has 0 saturated heterocycles. The summed E-state index contributed by atoms with van der Waals surface area (Å²) in [4.78, 5) is 0. The van der Waals surface area contributed by atoms with E-state index in [0.29, 0.717) is 5.92 Å². The van der Waals surface area contributed by atoms with E-state index in [-0.39, 0.29) is 35.6 Å². The Morgan fingerprint density at radius 1 is 0.854 bits per heavy atom. The summed E-state index contributed by atoms with van der Waals surface area (Å²) < 4.78 is 1.80. The molecule has 1 unspecified atom stereocenters. The van der Waals surface area contributed by atoms with Gasteiger partial charge in [-0.05, 0) is 33.8 Å².